The monoisotopic (exact) mass is 234 g/mol. The van der Waals surface area contributed by atoms with Crippen molar-refractivity contribution < 1.29 is 9.90 Å². The van der Waals surface area contributed by atoms with Crippen LogP contribution in [0.5, 0.6) is 0 Å². The van der Waals surface area contributed by atoms with Crippen molar-refractivity contribution in [1.82, 2.24) is 0 Å². The van der Waals surface area contributed by atoms with Crippen LogP contribution in [0.3, 0.4) is 0 Å². The Morgan fingerprint density at radius 3 is 2.50 bits per heavy atom. The van der Waals surface area contributed by atoms with Gasteiger partial charge in [0.2, 0.25) is 0 Å². The molecule has 0 aliphatic heterocycles. The molecule has 1 atom stereocenters. The Balaban J connectivity index is 2.27. The van der Waals surface area contributed by atoms with Gasteiger partial charge in [-0.05, 0) is 18.1 Å². The molecule has 1 aromatic carbocycles. The van der Waals surface area contributed by atoms with Gasteiger partial charge in [0.15, 0.2) is 0 Å². The summed E-state index contributed by atoms with van der Waals surface area (Å²) >= 11 is 6.45. The third kappa shape index (κ3) is 2.02. The topological polar surface area (TPSA) is 37.3 Å². The Bertz CT molecular complexity index is 462. The molecule has 1 aromatic rings. The Morgan fingerprint density at radius 1 is 1.31 bits per heavy atom. The molecule has 0 saturated heterocycles. The van der Waals surface area contributed by atoms with Crippen molar-refractivity contribution >= 4 is 17.6 Å². The molecule has 1 unspecified atom stereocenters. The van der Waals surface area contributed by atoms with Gasteiger partial charge in [0.25, 0.3) is 0 Å². The summed E-state index contributed by atoms with van der Waals surface area (Å²) in [4.78, 5) is 10.1. The van der Waals surface area contributed by atoms with Crippen LogP contribution >= 0.6 is 11.6 Å². The molecule has 2 rings (SSSR count). The summed E-state index contributed by atoms with van der Waals surface area (Å²) in [7, 11) is 0. The van der Waals surface area contributed by atoms with Crippen LogP contribution in [0, 0.1) is 0 Å². The SMILES string of the molecule is O=C(O)C1=CCC(Cl)(c2ccccc2)C=C1. The average Bonchev–Trinajstić information content (AvgIpc) is 2.31. The summed E-state index contributed by atoms with van der Waals surface area (Å²) in [5.74, 6) is -0.914. The van der Waals surface area contributed by atoms with Crippen LogP contribution in [0.2, 0.25) is 0 Å². The number of benzene rings is 1. The van der Waals surface area contributed by atoms with Gasteiger partial charge in [0.05, 0.1) is 10.4 Å². The van der Waals surface area contributed by atoms with Gasteiger partial charge in [0.1, 0.15) is 0 Å². The average molecular weight is 235 g/mol. The molecule has 0 saturated carbocycles. The van der Waals surface area contributed by atoms with E-state index in [4.69, 9.17) is 16.7 Å². The first-order chi connectivity index (χ1) is 7.62. The van der Waals surface area contributed by atoms with E-state index in [2.05, 4.69) is 0 Å². The molecule has 0 heterocycles. The maximum absolute atomic E-state index is 10.7. The van der Waals surface area contributed by atoms with Crippen LogP contribution in [0.1, 0.15) is 12.0 Å². The number of rotatable bonds is 2. The van der Waals surface area contributed by atoms with Gasteiger partial charge in [0, 0.05) is 0 Å². The van der Waals surface area contributed by atoms with E-state index in [1.165, 1.54) is 0 Å². The summed E-state index contributed by atoms with van der Waals surface area (Å²) in [5.41, 5.74) is 1.28. The van der Waals surface area contributed by atoms with Crippen LogP contribution in [0.15, 0.2) is 54.1 Å². The van der Waals surface area contributed by atoms with E-state index in [-0.39, 0.29) is 0 Å². The lowest BCUT2D eigenvalue weighted by atomic mass is 9.89. The number of alkyl halides is 1. The molecule has 0 radical (unpaired) electrons. The second-order valence-electron chi connectivity index (χ2n) is 3.73. The first-order valence-corrected chi connectivity index (χ1v) is 5.37. The molecule has 16 heavy (non-hydrogen) atoms. The highest BCUT2D eigenvalue weighted by Gasteiger charge is 2.28. The van der Waals surface area contributed by atoms with Crippen LogP contribution < -0.4 is 0 Å². The maximum atomic E-state index is 10.7. The Labute approximate surface area is 98.9 Å². The van der Waals surface area contributed by atoms with Crippen LogP contribution in [-0.4, -0.2) is 11.1 Å². The van der Waals surface area contributed by atoms with E-state index < -0.39 is 10.8 Å². The number of carbonyl (C=O) groups is 1. The number of hydrogen-bond donors (Lipinski definition) is 1. The van der Waals surface area contributed by atoms with Crippen molar-refractivity contribution in [3.05, 3.63) is 59.7 Å². The van der Waals surface area contributed by atoms with Gasteiger partial charge in [-0.15, -0.1) is 11.6 Å². The Hall–Kier alpha value is -1.54. The molecule has 2 nitrogen and oxygen atoms in total. The summed E-state index contributed by atoms with van der Waals surface area (Å²) in [6.07, 6.45) is 5.46. The predicted molar refractivity (Wildman–Crippen MR) is 63.4 cm³/mol. The van der Waals surface area contributed by atoms with Gasteiger partial charge in [-0.2, -0.15) is 0 Å². The smallest absolute Gasteiger partial charge is 0.335 e. The summed E-state index contributed by atoms with van der Waals surface area (Å²) in [6.45, 7) is 0. The predicted octanol–water partition coefficient (Wildman–Crippen LogP) is 3.09. The zero-order chi connectivity index (χ0) is 11.6. The summed E-state index contributed by atoms with van der Waals surface area (Å²) < 4.78 is 0. The molecule has 0 aromatic heterocycles. The van der Waals surface area contributed by atoms with Crippen LogP contribution in [-0.2, 0) is 9.67 Å². The van der Waals surface area contributed by atoms with Gasteiger partial charge in [-0.3, -0.25) is 0 Å². The third-order valence-electron chi connectivity index (χ3n) is 2.65. The van der Waals surface area contributed by atoms with E-state index in [1.807, 2.05) is 30.3 Å². The highest BCUT2D eigenvalue weighted by molar-refractivity contribution is 6.25. The first kappa shape index (κ1) is 11.0. The van der Waals surface area contributed by atoms with Crippen molar-refractivity contribution in [2.45, 2.75) is 11.3 Å². The molecule has 0 fully saturated rings. The van der Waals surface area contributed by atoms with Crippen molar-refractivity contribution in [3.63, 3.8) is 0 Å². The fourth-order valence-electron chi connectivity index (χ4n) is 1.70. The van der Waals surface area contributed by atoms with Crippen molar-refractivity contribution in [2.24, 2.45) is 0 Å². The number of carboxylic acids is 1. The van der Waals surface area contributed by atoms with E-state index in [0.717, 1.165) is 5.56 Å². The lowest BCUT2D eigenvalue weighted by Gasteiger charge is -2.25. The van der Waals surface area contributed by atoms with Gasteiger partial charge < -0.3 is 5.11 Å². The fourth-order valence-corrected chi connectivity index (χ4v) is 1.97. The molecule has 1 aliphatic rings. The van der Waals surface area contributed by atoms with E-state index in [0.29, 0.717) is 12.0 Å². The number of hydrogen-bond acceptors (Lipinski definition) is 1. The van der Waals surface area contributed by atoms with E-state index in [9.17, 15) is 4.79 Å². The van der Waals surface area contributed by atoms with E-state index in [1.54, 1.807) is 18.2 Å². The van der Waals surface area contributed by atoms with Gasteiger partial charge >= 0.3 is 5.97 Å². The first-order valence-electron chi connectivity index (χ1n) is 4.99. The molecule has 0 bridgehead atoms. The molecule has 1 aliphatic carbocycles. The molecule has 82 valence electrons. The minimum absolute atomic E-state index is 0.298. The lowest BCUT2D eigenvalue weighted by Crippen LogP contribution is -2.18. The van der Waals surface area contributed by atoms with Crippen LogP contribution in [0.25, 0.3) is 0 Å². The number of aliphatic carboxylic acids is 1. The normalized spacial score (nSPS) is 23.9. The quantitative estimate of drug-likeness (QED) is 0.799. The highest BCUT2D eigenvalue weighted by atomic mass is 35.5. The second-order valence-corrected chi connectivity index (χ2v) is 4.41. The molecule has 0 amide bonds. The fraction of sp³-hybridized carbons (Fsp3) is 0.154. The Kier molecular flexibility index (Phi) is 2.84. The molecule has 1 N–H and O–H groups in total. The maximum Gasteiger partial charge on any atom is 0.335 e. The number of allylic oxidation sites excluding steroid dienone is 2. The number of carboxylic acid groups (broad SMARTS) is 1. The van der Waals surface area contributed by atoms with Gasteiger partial charge in [-0.25, -0.2) is 4.79 Å². The zero-order valence-corrected chi connectivity index (χ0v) is 9.32. The largest absolute Gasteiger partial charge is 0.478 e. The second kappa shape index (κ2) is 4.14. The minimum atomic E-state index is -0.914. The van der Waals surface area contributed by atoms with Crippen LogP contribution in [0.4, 0.5) is 0 Å². The van der Waals surface area contributed by atoms with E-state index >= 15 is 0 Å². The number of halogens is 1. The van der Waals surface area contributed by atoms with Crippen molar-refractivity contribution in [2.75, 3.05) is 0 Å². The van der Waals surface area contributed by atoms with Gasteiger partial charge in [-0.1, -0.05) is 42.5 Å². The minimum Gasteiger partial charge on any atom is -0.478 e. The summed E-state index contributed by atoms with van der Waals surface area (Å²) in [5, 5.41) is 8.82. The zero-order valence-electron chi connectivity index (χ0n) is 8.56. The molecule has 3 heteroatoms. The molecular weight excluding hydrogens is 224 g/mol. The molecule has 0 spiro atoms. The third-order valence-corrected chi connectivity index (χ3v) is 3.15. The summed E-state index contributed by atoms with van der Waals surface area (Å²) in [6, 6.07) is 9.65. The molecular formula is C13H11ClO2. The highest BCUT2D eigenvalue weighted by Crippen LogP contribution is 2.37. The van der Waals surface area contributed by atoms with Crippen molar-refractivity contribution in [1.29, 1.82) is 0 Å². The lowest BCUT2D eigenvalue weighted by molar-refractivity contribution is -0.132. The Morgan fingerprint density at radius 2 is 2.00 bits per heavy atom. The van der Waals surface area contributed by atoms with Crippen molar-refractivity contribution in [3.8, 4) is 0 Å². The standard InChI is InChI=1S/C13H11ClO2/c14-13(11-4-2-1-3-5-11)8-6-10(7-9-13)12(15)16/h1-8H,9H2,(H,15,16).